The average Bonchev–Trinajstić information content (AvgIpc) is 2.76. The molecule has 0 saturated heterocycles. The van der Waals surface area contributed by atoms with Crippen LogP contribution < -0.4 is 5.73 Å². The van der Waals surface area contributed by atoms with Crippen molar-refractivity contribution in [3.8, 4) is 10.6 Å². The molecule has 0 bridgehead atoms. The van der Waals surface area contributed by atoms with Crippen LogP contribution in [0.5, 0.6) is 0 Å². The van der Waals surface area contributed by atoms with Crippen LogP contribution in [0.4, 0.5) is 10.1 Å². The first kappa shape index (κ1) is 10.2. The van der Waals surface area contributed by atoms with Crippen LogP contribution in [0.3, 0.4) is 0 Å². The molecular formula is C13H9FN2S. The molecule has 0 atom stereocenters. The molecule has 0 aliphatic heterocycles. The number of para-hydroxylation sites is 2. The predicted molar refractivity (Wildman–Crippen MR) is 69.4 cm³/mol. The van der Waals surface area contributed by atoms with Crippen LogP contribution in [0.1, 0.15) is 0 Å². The summed E-state index contributed by atoms with van der Waals surface area (Å²) < 4.78 is 14.4. The molecule has 84 valence electrons. The van der Waals surface area contributed by atoms with Crippen LogP contribution in [0, 0.1) is 5.82 Å². The van der Waals surface area contributed by atoms with E-state index in [9.17, 15) is 4.39 Å². The standard InChI is InChI=1S/C13H9FN2S/c14-9-5-3-4-8(12(9)15)13-16-10-6-1-2-7-11(10)17-13/h1-7H,15H2. The van der Waals surface area contributed by atoms with Gasteiger partial charge in [-0.25, -0.2) is 9.37 Å². The summed E-state index contributed by atoms with van der Waals surface area (Å²) in [4.78, 5) is 4.46. The Hall–Kier alpha value is -1.94. The molecule has 2 N–H and O–H groups in total. The van der Waals surface area contributed by atoms with Gasteiger partial charge in [-0.15, -0.1) is 11.3 Å². The summed E-state index contributed by atoms with van der Waals surface area (Å²) in [5.74, 6) is -0.401. The van der Waals surface area contributed by atoms with E-state index in [1.807, 2.05) is 24.3 Å². The van der Waals surface area contributed by atoms with Crippen molar-refractivity contribution in [3.05, 3.63) is 48.3 Å². The van der Waals surface area contributed by atoms with E-state index in [0.29, 0.717) is 5.56 Å². The van der Waals surface area contributed by atoms with Crippen molar-refractivity contribution in [1.29, 1.82) is 0 Å². The Balaban J connectivity index is 2.24. The Labute approximate surface area is 102 Å². The number of hydrogen-bond acceptors (Lipinski definition) is 3. The second-order valence-electron chi connectivity index (χ2n) is 3.69. The van der Waals surface area contributed by atoms with Crippen LogP contribution in [-0.4, -0.2) is 4.98 Å². The number of halogens is 1. The molecule has 17 heavy (non-hydrogen) atoms. The Bertz CT molecular complexity index is 658. The summed E-state index contributed by atoms with van der Waals surface area (Å²) >= 11 is 1.52. The van der Waals surface area contributed by atoms with Gasteiger partial charge < -0.3 is 5.73 Å². The van der Waals surface area contributed by atoms with Crippen LogP contribution in [0.2, 0.25) is 0 Å². The molecule has 2 aromatic carbocycles. The SMILES string of the molecule is Nc1c(F)cccc1-c1nc2ccccc2s1. The average molecular weight is 244 g/mol. The number of nitrogens with zero attached hydrogens (tertiary/aromatic N) is 1. The first-order valence-electron chi connectivity index (χ1n) is 5.15. The summed E-state index contributed by atoms with van der Waals surface area (Å²) in [6.45, 7) is 0. The maximum absolute atomic E-state index is 13.4. The van der Waals surface area contributed by atoms with Gasteiger partial charge in [-0.1, -0.05) is 18.2 Å². The zero-order chi connectivity index (χ0) is 11.8. The number of benzene rings is 2. The third-order valence-corrected chi connectivity index (χ3v) is 3.65. The highest BCUT2D eigenvalue weighted by atomic mass is 32.1. The summed E-state index contributed by atoms with van der Waals surface area (Å²) in [5.41, 5.74) is 7.46. The minimum atomic E-state index is -0.401. The quantitative estimate of drug-likeness (QED) is 0.663. The van der Waals surface area contributed by atoms with Crippen molar-refractivity contribution < 1.29 is 4.39 Å². The largest absolute Gasteiger partial charge is 0.396 e. The van der Waals surface area contributed by atoms with Crippen molar-refractivity contribution in [3.63, 3.8) is 0 Å². The fourth-order valence-corrected chi connectivity index (χ4v) is 2.72. The number of rotatable bonds is 1. The lowest BCUT2D eigenvalue weighted by Crippen LogP contribution is -1.93. The molecule has 0 fully saturated rings. The van der Waals surface area contributed by atoms with Gasteiger partial charge >= 0.3 is 0 Å². The van der Waals surface area contributed by atoms with Crippen molar-refractivity contribution in [2.45, 2.75) is 0 Å². The highest BCUT2D eigenvalue weighted by molar-refractivity contribution is 7.21. The monoisotopic (exact) mass is 244 g/mol. The molecule has 0 aliphatic carbocycles. The van der Waals surface area contributed by atoms with Gasteiger partial charge in [0.05, 0.1) is 15.9 Å². The van der Waals surface area contributed by atoms with Crippen LogP contribution in [0.15, 0.2) is 42.5 Å². The minimum absolute atomic E-state index is 0.159. The normalized spacial score (nSPS) is 10.9. The molecule has 1 heterocycles. The molecule has 0 radical (unpaired) electrons. The molecule has 0 unspecified atom stereocenters. The van der Waals surface area contributed by atoms with Crippen LogP contribution >= 0.6 is 11.3 Å². The number of thiazole rings is 1. The molecule has 4 heteroatoms. The molecule has 3 aromatic rings. The second kappa shape index (κ2) is 3.82. The lowest BCUT2D eigenvalue weighted by molar-refractivity contribution is 0.633. The van der Waals surface area contributed by atoms with E-state index >= 15 is 0 Å². The van der Waals surface area contributed by atoms with E-state index in [4.69, 9.17) is 5.73 Å². The van der Waals surface area contributed by atoms with Crippen molar-refractivity contribution >= 4 is 27.2 Å². The molecule has 0 amide bonds. The molecule has 3 rings (SSSR count). The van der Waals surface area contributed by atoms with E-state index in [1.165, 1.54) is 17.4 Å². The number of anilines is 1. The maximum atomic E-state index is 13.4. The van der Waals surface area contributed by atoms with E-state index in [-0.39, 0.29) is 5.69 Å². The third-order valence-electron chi connectivity index (χ3n) is 2.58. The number of nitrogen functional groups attached to an aromatic ring is 1. The second-order valence-corrected chi connectivity index (χ2v) is 4.72. The predicted octanol–water partition coefficient (Wildman–Crippen LogP) is 3.68. The van der Waals surface area contributed by atoms with Crippen molar-refractivity contribution in [2.24, 2.45) is 0 Å². The molecule has 0 aliphatic rings. The number of aromatic nitrogens is 1. The van der Waals surface area contributed by atoms with Gasteiger partial charge in [0, 0.05) is 5.56 Å². The lowest BCUT2D eigenvalue weighted by atomic mass is 10.2. The topological polar surface area (TPSA) is 38.9 Å². The van der Waals surface area contributed by atoms with Crippen molar-refractivity contribution in [2.75, 3.05) is 5.73 Å². The van der Waals surface area contributed by atoms with Gasteiger partial charge in [0.15, 0.2) is 0 Å². The van der Waals surface area contributed by atoms with Gasteiger partial charge in [0.1, 0.15) is 10.8 Å². The van der Waals surface area contributed by atoms with Gasteiger partial charge in [-0.2, -0.15) is 0 Å². The molecule has 1 aromatic heterocycles. The summed E-state index contributed by atoms with van der Waals surface area (Å²) in [6, 6.07) is 12.6. The van der Waals surface area contributed by atoms with E-state index in [1.54, 1.807) is 12.1 Å². The molecular weight excluding hydrogens is 235 g/mol. The smallest absolute Gasteiger partial charge is 0.146 e. The number of nitrogens with two attached hydrogens (primary N) is 1. The third kappa shape index (κ3) is 1.66. The Morgan fingerprint density at radius 3 is 2.71 bits per heavy atom. The van der Waals surface area contributed by atoms with Gasteiger partial charge in [-0.05, 0) is 24.3 Å². The number of fused-ring (bicyclic) bond motifs is 1. The van der Waals surface area contributed by atoms with E-state index in [0.717, 1.165) is 15.2 Å². The summed E-state index contributed by atoms with van der Waals surface area (Å²) in [5, 5.41) is 0.753. The minimum Gasteiger partial charge on any atom is -0.396 e. The Morgan fingerprint density at radius 2 is 1.88 bits per heavy atom. The number of hydrogen-bond donors (Lipinski definition) is 1. The molecule has 0 spiro atoms. The first-order valence-corrected chi connectivity index (χ1v) is 5.97. The molecule has 0 saturated carbocycles. The highest BCUT2D eigenvalue weighted by Crippen LogP contribution is 2.33. The summed E-state index contributed by atoms with van der Waals surface area (Å²) in [6.07, 6.45) is 0. The lowest BCUT2D eigenvalue weighted by Gasteiger charge is -2.01. The van der Waals surface area contributed by atoms with Gasteiger partial charge in [-0.3, -0.25) is 0 Å². The Morgan fingerprint density at radius 1 is 1.06 bits per heavy atom. The van der Waals surface area contributed by atoms with Crippen molar-refractivity contribution in [1.82, 2.24) is 4.98 Å². The van der Waals surface area contributed by atoms with Gasteiger partial charge in [0.25, 0.3) is 0 Å². The van der Waals surface area contributed by atoms with Gasteiger partial charge in [0.2, 0.25) is 0 Å². The van der Waals surface area contributed by atoms with Crippen LogP contribution in [-0.2, 0) is 0 Å². The zero-order valence-corrected chi connectivity index (χ0v) is 9.67. The Kier molecular flexibility index (Phi) is 2.30. The molecule has 2 nitrogen and oxygen atoms in total. The zero-order valence-electron chi connectivity index (χ0n) is 8.85. The van der Waals surface area contributed by atoms with E-state index in [2.05, 4.69) is 4.98 Å². The fraction of sp³-hybridized carbons (Fsp3) is 0. The fourth-order valence-electron chi connectivity index (χ4n) is 1.71. The van der Waals surface area contributed by atoms with Crippen LogP contribution in [0.25, 0.3) is 20.8 Å². The highest BCUT2D eigenvalue weighted by Gasteiger charge is 2.11. The maximum Gasteiger partial charge on any atom is 0.146 e. The summed E-state index contributed by atoms with van der Waals surface area (Å²) in [7, 11) is 0. The first-order chi connectivity index (χ1) is 8.25. The van der Waals surface area contributed by atoms with E-state index < -0.39 is 5.82 Å².